The Hall–Kier alpha value is -0.650. The summed E-state index contributed by atoms with van der Waals surface area (Å²) in [6.07, 6.45) is 1.60. The Balaban J connectivity index is 2.09. The number of benzene rings is 1. The highest BCUT2D eigenvalue weighted by Crippen LogP contribution is 2.15. The smallest absolute Gasteiger partial charge is 0.220 e. The number of carbonyl (C=O) groups excluding carboxylic acids is 1. The first kappa shape index (κ1) is 18.4. The first-order valence-electron chi connectivity index (χ1n) is 7.29. The van der Waals surface area contributed by atoms with Crippen molar-refractivity contribution in [2.45, 2.75) is 24.3 Å². The summed E-state index contributed by atoms with van der Waals surface area (Å²) in [5.74, 6) is 2.75. The number of amides is 1. The minimum absolute atomic E-state index is 0.158. The largest absolute Gasteiger partial charge is 0.356 e. The Morgan fingerprint density at radius 1 is 1.33 bits per heavy atom. The Bertz CT molecular complexity index is 424. The lowest BCUT2D eigenvalue weighted by atomic mass is 10.2. The van der Waals surface area contributed by atoms with Gasteiger partial charge in [0.25, 0.3) is 0 Å². The van der Waals surface area contributed by atoms with Gasteiger partial charge < -0.3 is 10.2 Å². The molecule has 5 heteroatoms. The van der Waals surface area contributed by atoms with Crippen molar-refractivity contribution in [2.24, 2.45) is 0 Å². The van der Waals surface area contributed by atoms with Gasteiger partial charge in [-0.15, -0.1) is 0 Å². The van der Waals surface area contributed by atoms with Crippen molar-refractivity contribution in [1.82, 2.24) is 10.2 Å². The van der Waals surface area contributed by atoms with E-state index >= 15 is 0 Å². The quantitative estimate of drug-likeness (QED) is 0.512. The number of hydrogen-bond acceptors (Lipinski definition) is 4. The van der Waals surface area contributed by atoms with Crippen molar-refractivity contribution < 1.29 is 4.79 Å². The van der Waals surface area contributed by atoms with Crippen molar-refractivity contribution >= 4 is 30.3 Å². The van der Waals surface area contributed by atoms with E-state index in [0.717, 1.165) is 36.8 Å². The van der Waals surface area contributed by atoms with Gasteiger partial charge >= 0.3 is 0 Å². The molecule has 0 spiro atoms. The highest BCUT2D eigenvalue weighted by Gasteiger charge is 2.02. The van der Waals surface area contributed by atoms with Crippen LogP contribution in [-0.2, 0) is 16.3 Å². The van der Waals surface area contributed by atoms with Crippen LogP contribution < -0.4 is 5.32 Å². The highest BCUT2D eigenvalue weighted by atomic mass is 32.2. The zero-order chi connectivity index (χ0) is 15.5. The molecular formula is C16H26N2OS2. The molecule has 0 aliphatic heterocycles. The number of thioether (sulfide) groups is 1. The third-order valence-corrected chi connectivity index (χ3v) is 4.42. The van der Waals surface area contributed by atoms with Crippen molar-refractivity contribution in [2.75, 3.05) is 32.9 Å². The van der Waals surface area contributed by atoms with E-state index in [1.54, 1.807) is 11.8 Å². The fraction of sp³-hybridized carbons (Fsp3) is 0.562. The van der Waals surface area contributed by atoms with Crippen molar-refractivity contribution in [1.29, 1.82) is 0 Å². The fourth-order valence-electron chi connectivity index (χ4n) is 1.88. The third kappa shape index (κ3) is 9.06. The minimum Gasteiger partial charge on any atom is -0.356 e. The van der Waals surface area contributed by atoms with E-state index in [4.69, 9.17) is 0 Å². The number of nitrogens with one attached hydrogen (secondary N) is 1. The zero-order valence-electron chi connectivity index (χ0n) is 13.0. The second-order valence-electron chi connectivity index (χ2n) is 5.29. The van der Waals surface area contributed by atoms with Gasteiger partial charge in [0.1, 0.15) is 0 Å². The lowest BCUT2D eigenvalue weighted by Crippen LogP contribution is -2.27. The Labute approximate surface area is 138 Å². The summed E-state index contributed by atoms with van der Waals surface area (Å²) >= 11 is 6.09. The minimum atomic E-state index is 0.158. The van der Waals surface area contributed by atoms with Crippen LogP contribution >= 0.6 is 24.4 Å². The first-order chi connectivity index (χ1) is 10.1. The summed E-state index contributed by atoms with van der Waals surface area (Å²) in [6.45, 7) is 1.78. The van der Waals surface area contributed by atoms with Gasteiger partial charge in [0.05, 0.1) is 0 Å². The number of rotatable bonds is 10. The average molecular weight is 327 g/mol. The molecule has 0 aliphatic rings. The first-order valence-corrected chi connectivity index (χ1v) is 9.08. The van der Waals surface area contributed by atoms with Crippen LogP contribution in [0.15, 0.2) is 24.3 Å². The van der Waals surface area contributed by atoms with Gasteiger partial charge in [-0.1, -0.05) is 24.3 Å². The van der Waals surface area contributed by atoms with Gasteiger partial charge in [0.15, 0.2) is 0 Å². The lowest BCUT2D eigenvalue weighted by Gasteiger charge is -2.09. The number of carbonyl (C=O) groups is 1. The number of nitrogens with zero attached hydrogens (tertiary/aromatic N) is 1. The maximum atomic E-state index is 11.7. The molecule has 21 heavy (non-hydrogen) atoms. The number of hydrogen-bond donors (Lipinski definition) is 2. The van der Waals surface area contributed by atoms with Gasteiger partial charge in [-0.05, 0) is 38.2 Å². The Morgan fingerprint density at radius 2 is 2.10 bits per heavy atom. The highest BCUT2D eigenvalue weighted by molar-refractivity contribution is 7.98. The lowest BCUT2D eigenvalue weighted by molar-refractivity contribution is -0.120. The molecule has 0 radical (unpaired) electrons. The van der Waals surface area contributed by atoms with Crippen LogP contribution in [0.5, 0.6) is 0 Å². The molecule has 0 unspecified atom stereocenters. The van der Waals surface area contributed by atoms with Gasteiger partial charge in [-0.2, -0.15) is 24.4 Å². The average Bonchev–Trinajstić information content (AvgIpc) is 2.48. The second kappa shape index (κ2) is 11.0. The molecule has 0 fully saturated rings. The molecule has 0 heterocycles. The summed E-state index contributed by atoms with van der Waals surface area (Å²) in [5, 5.41) is 2.97. The van der Waals surface area contributed by atoms with E-state index in [1.165, 1.54) is 11.1 Å². The van der Waals surface area contributed by atoms with Crippen LogP contribution in [0.2, 0.25) is 0 Å². The van der Waals surface area contributed by atoms with Crippen LogP contribution in [0.3, 0.4) is 0 Å². The van der Waals surface area contributed by atoms with Crippen molar-refractivity contribution in [3.63, 3.8) is 0 Å². The van der Waals surface area contributed by atoms with Gasteiger partial charge in [-0.3, -0.25) is 4.79 Å². The monoisotopic (exact) mass is 326 g/mol. The third-order valence-electron chi connectivity index (χ3n) is 3.02. The molecule has 0 saturated carbocycles. The molecule has 1 rings (SSSR count). The van der Waals surface area contributed by atoms with E-state index in [2.05, 4.69) is 47.1 Å². The molecule has 1 aromatic carbocycles. The summed E-state index contributed by atoms with van der Waals surface area (Å²) in [7, 11) is 4.09. The van der Waals surface area contributed by atoms with E-state index in [1.807, 2.05) is 14.1 Å². The van der Waals surface area contributed by atoms with Gasteiger partial charge in [-0.25, -0.2) is 0 Å². The molecule has 3 nitrogen and oxygen atoms in total. The van der Waals surface area contributed by atoms with E-state index in [-0.39, 0.29) is 5.91 Å². The predicted molar refractivity (Wildman–Crippen MR) is 96.1 cm³/mol. The molecule has 1 amide bonds. The molecule has 1 aromatic rings. The summed E-state index contributed by atoms with van der Waals surface area (Å²) in [5.41, 5.74) is 2.55. The summed E-state index contributed by atoms with van der Waals surface area (Å²) < 4.78 is 0. The summed E-state index contributed by atoms with van der Waals surface area (Å²) in [6, 6.07) is 8.46. The maximum Gasteiger partial charge on any atom is 0.220 e. The van der Waals surface area contributed by atoms with E-state index in [9.17, 15) is 4.79 Å². The topological polar surface area (TPSA) is 32.3 Å². The standard InChI is InChI=1S/C16H26N2OS2/c1-18(2)9-4-8-17-16(19)7-10-21-13-15-6-3-5-14(11-15)12-20/h3,5-6,11,20H,4,7-10,12-13H2,1-2H3,(H,17,19). The Kier molecular flexibility index (Phi) is 9.63. The maximum absolute atomic E-state index is 11.7. The molecule has 0 saturated heterocycles. The van der Waals surface area contributed by atoms with Crippen LogP contribution in [0.25, 0.3) is 0 Å². The molecule has 0 aromatic heterocycles. The zero-order valence-corrected chi connectivity index (χ0v) is 14.7. The molecule has 118 valence electrons. The van der Waals surface area contributed by atoms with Crippen molar-refractivity contribution in [3.05, 3.63) is 35.4 Å². The SMILES string of the molecule is CN(C)CCCNC(=O)CCSCc1cccc(CS)c1. The van der Waals surface area contributed by atoms with Crippen LogP contribution in [0.4, 0.5) is 0 Å². The second-order valence-corrected chi connectivity index (χ2v) is 6.71. The van der Waals surface area contributed by atoms with E-state index in [0.29, 0.717) is 6.42 Å². The number of thiol groups is 1. The molecule has 0 bridgehead atoms. The van der Waals surface area contributed by atoms with Gasteiger partial charge in [0, 0.05) is 30.2 Å². The molecule has 0 atom stereocenters. The Morgan fingerprint density at radius 3 is 2.81 bits per heavy atom. The van der Waals surface area contributed by atoms with E-state index < -0.39 is 0 Å². The summed E-state index contributed by atoms with van der Waals surface area (Å²) in [4.78, 5) is 13.8. The molecule has 1 N–H and O–H groups in total. The van der Waals surface area contributed by atoms with Crippen LogP contribution in [-0.4, -0.2) is 43.7 Å². The fourth-order valence-corrected chi connectivity index (χ4v) is 2.97. The molecular weight excluding hydrogens is 300 g/mol. The van der Waals surface area contributed by atoms with Crippen molar-refractivity contribution in [3.8, 4) is 0 Å². The predicted octanol–water partition coefficient (Wildman–Crippen LogP) is 2.81. The van der Waals surface area contributed by atoms with Gasteiger partial charge in [0.2, 0.25) is 5.91 Å². The van der Waals surface area contributed by atoms with Crippen LogP contribution in [0.1, 0.15) is 24.0 Å². The van der Waals surface area contributed by atoms with Crippen LogP contribution in [0, 0.1) is 0 Å². The molecule has 0 aliphatic carbocycles. The normalized spacial score (nSPS) is 10.9.